The second-order valence-corrected chi connectivity index (χ2v) is 13.4. The van der Waals surface area contributed by atoms with Crippen molar-refractivity contribution in [3.63, 3.8) is 0 Å². The number of nitrogens with one attached hydrogen (secondary N) is 2. The van der Waals surface area contributed by atoms with E-state index in [-0.39, 0.29) is 35.3 Å². The molecule has 2 aliphatic heterocycles. The minimum absolute atomic E-state index is 0.0291. The van der Waals surface area contributed by atoms with Crippen molar-refractivity contribution < 1.29 is 23.8 Å². The fourth-order valence-electron chi connectivity index (χ4n) is 6.12. The van der Waals surface area contributed by atoms with Crippen molar-refractivity contribution in [1.82, 2.24) is 20.5 Å². The van der Waals surface area contributed by atoms with Gasteiger partial charge in [0.05, 0.1) is 18.8 Å². The molecule has 1 aliphatic carbocycles. The standard InChI is InChI=1S/C32H45FN4O4/c1-31(2,3)16-22-14-24-26(17-32(10-5-11-32)41-30(24)35-18-22)34-19-27(38)25(15-21-6-8-23(33)9-7-21)36-29(39)28-20-37(4)12-13-40-28/h6-9,14,18,25-28,34,38H,5,10-13,15-17,19-20H2,1-4H3,(H,36,39)/t25-,26-,27-,28+/m0/s1. The predicted octanol–water partition coefficient (Wildman–Crippen LogP) is 3.56. The maximum absolute atomic E-state index is 13.6. The summed E-state index contributed by atoms with van der Waals surface area (Å²) >= 11 is 0. The first-order chi connectivity index (χ1) is 19.5. The van der Waals surface area contributed by atoms with Crippen molar-refractivity contribution in [3.8, 4) is 5.88 Å². The third kappa shape index (κ3) is 7.63. The van der Waals surface area contributed by atoms with Crippen molar-refractivity contribution in [3.05, 3.63) is 59.0 Å². The van der Waals surface area contributed by atoms with Gasteiger partial charge in [-0.2, -0.15) is 0 Å². The number of benzene rings is 1. The maximum atomic E-state index is 13.6. The second-order valence-electron chi connectivity index (χ2n) is 13.4. The fraction of sp³-hybridized carbons (Fsp3) is 0.625. The van der Waals surface area contributed by atoms with Gasteiger partial charge in [0.25, 0.3) is 5.91 Å². The van der Waals surface area contributed by atoms with Gasteiger partial charge in [-0.15, -0.1) is 0 Å². The summed E-state index contributed by atoms with van der Waals surface area (Å²) in [5.41, 5.74) is 2.94. The molecule has 3 aliphatic rings. The Morgan fingerprint density at radius 1 is 1.24 bits per heavy atom. The number of aromatic nitrogens is 1. The Kier molecular flexibility index (Phi) is 8.99. The number of carbonyl (C=O) groups is 1. The molecule has 224 valence electrons. The summed E-state index contributed by atoms with van der Waals surface area (Å²) in [6, 6.07) is 7.76. The molecule has 2 fully saturated rings. The van der Waals surface area contributed by atoms with Crippen LogP contribution < -0.4 is 15.4 Å². The molecule has 0 bridgehead atoms. The molecular weight excluding hydrogens is 523 g/mol. The first kappa shape index (κ1) is 29.9. The quantitative estimate of drug-likeness (QED) is 0.426. The number of aliphatic hydroxyl groups excluding tert-OH is 1. The van der Waals surface area contributed by atoms with Crippen molar-refractivity contribution in [2.75, 3.05) is 33.3 Å². The summed E-state index contributed by atoms with van der Waals surface area (Å²) in [6.07, 6.45) is 5.64. The Morgan fingerprint density at radius 2 is 2.00 bits per heavy atom. The molecule has 3 N–H and O–H groups in total. The van der Waals surface area contributed by atoms with Gasteiger partial charge in [0.15, 0.2) is 0 Å². The molecule has 1 saturated heterocycles. The Labute approximate surface area is 243 Å². The molecule has 1 saturated carbocycles. The monoisotopic (exact) mass is 568 g/mol. The fourth-order valence-corrected chi connectivity index (χ4v) is 6.12. The van der Waals surface area contributed by atoms with Crippen LogP contribution in [0.2, 0.25) is 0 Å². The van der Waals surface area contributed by atoms with Gasteiger partial charge < -0.3 is 30.1 Å². The average Bonchev–Trinajstić information content (AvgIpc) is 2.90. The lowest BCUT2D eigenvalue weighted by Crippen LogP contribution is -2.55. The van der Waals surface area contributed by atoms with Crippen LogP contribution in [0, 0.1) is 11.2 Å². The number of aliphatic hydroxyl groups is 1. The lowest BCUT2D eigenvalue weighted by atomic mass is 9.73. The first-order valence-electron chi connectivity index (χ1n) is 14.9. The molecule has 1 amide bonds. The van der Waals surface area contributed by atoms with Crippen molar-refractivity contribution in [2.24, 2.45) is 5.41 Å². The molecule has 1 aromatic carbocycles. The van der Waals surface area contributed by atoms with Crippen LogP contribution in [0.25, 0.3) is 0 Å². The molecule has 0 unspecified atom stereocenters. The van der Waals surface area contributed by atoms with Crippen LogP contribution in [0.15, 0.2) is 36.5 Å². The van der Waals surface area contributed by atoms with Crippen molar-refractivity contribution >= 4 is 5.91 Å². The number of ether oxygens (including phenoxy) is 2. The lowest BCUT2D eigenvalue weighted by molar-refractivity contribution is -0.139. The average molecular weight is 569 g/mol. The minimum Gasteiger partial charge on any atom is -0.471 e. The number of pyridine rings is 1. The number of fused-ring (bicyclic) bond motifs is 1. The van der Waals surface area contributed by atoms with Crippen molar-refractivity contribution in [1.29, 1.82) is 0 Å². The summed E-state index contributed by atoms with van der Waals surface area (Å²) in [7, 11) is 1.96. The summed E-state index contributed by atoms with van der Waals surface area (Å²) in [5.74, 6) is 0.108. The summed E-state index contributed by atoms with van der Waals surface area (Å²) in [6.45, 7) is 8.65. The van der Waals surface area contributed by atoms with Gasteiger partial charge in [-0.05, 0) is 73.9 Å². The molecule has 9 heteroatoms. The SMILES string of the molecule is CN1CCO[C@@H](C(=O)N[C@@H](Cc2ccc(F)cc2)[C@@H](O)CN[C@H]2CC3(CCC3)Oc3ncc(CC(C)(C)C)cc32)C1. The van der Waals surface area contributed by atoms with E-state index in [1.54, 1.807) is 12.1 Å². The van der Waals surface area contributed by atoms with Gasteiger partial charge in [0, 0.05) is 43.9 Å². The molecular formula is C32H45FN4O4. The van der Waals surface area contributed by atoms with Gasteiger partial charge in [0.2, 0.25) is 5.88 Å². The summed E-state index contributed by atoms with van der Waals surface area (Å²) in [5, 5.41) is 18.1. The van der Waals surface area contributed by atoms with Crippen LogP contribution >= 0.6 is 0 Å². The van der Waals surface area contributed by atoms with E-state index in [4.69, 9.17) is 14.5 Å². The molecule has 1 spiro atoms. The van der Waals surface area contributed by atoms with Gasteiger partial charge in [-0.1, -0.05) is 32.9 Å². The van der Waals surface area contributed by atoms with E-state index in [0.29, 0.717) is 25.5 Å². The Hall–Kier alpha value is -2.59. The topological polar surface area (TPSA) is 96.0 Å². The molecule has 4 atom stereocenters. The highest BCUT2D eigenvalue weighted by atomic mass is 19.1. The highest BCUT2D eigenvalue weighted by Gasteiger charge is 2.46. The number of amides is 1. The molecule has 0 radical (unpaired) electrons. The van der Waals surface area contributed by atoms with Gasteiger partial charge in [-0.25, -0.2) is 9.37 Å². The Balaban J connectivity index is 1.32. The summed E-state index contributed by atoms with van der Waals surface area (Å²) in [4.78, 5) is 20.0. The zero-order valence-electron chi connectivity index (χ0n) is 24.8. The Bertz CT molecular complexity index is 1200. The van der Waals surface area contributed by atoms with Crippen LogP contribution in [0.1, 0.15) is 69.2 Å². The maximum Gasteiger partial charge on any atom is 0.250 e. The van der Waals surface area contributed by atoms with Gasteiger partial charge >= 0.3 is 0 Å². The number of rotatable bonds is 9. The summed E-state index contributed by atoms with van der Waals surface area (Å²) < 4.78 is 25.7. The van der Waals surface area contributed by atoms with E-state index in [0.717, 1.165) is 55.3 Å². The number of carbonyl (C=O) groups excluding carboxylic acids is 1. The van der Waals surface area contributed by atoms with E-state index in [9.17, 15) is 14.3 Å². The van der Waals surface area contributed by atoms with E-state index in [1.807, 2.05) is 13.2 Å². The third-order valence-electron chi connectivity index (χ3n) is 8.50. The van der Waals surface area contributed by atoms with Gasteiger partial charge in [0.1, 0.15) is 17.5 Å². The molecule has 2 aromatic rings. The predicted molar refractivity (Wildman–Crippen MR) is 155 cm³/mol. The Morgan fingerprint density at radius 3 is 2.66 bits per heavy atom. The van der Waals surface area contributed by atoms with E-state index < -0.39 is 18.2 Å². The van der Waals surface area contributed by atoms with Crippen molar-refractivity contribution in [2.45, 2.75) is 89.2 Å². The number of morpholine rings is 1. The molecule has 1 aromatic heterocycles. The molecule has 5 rings (SSSR count). The molecule has 3 heterocycles. The first-order valence-corrected chi connectivity index (χ1v) is 14.9. The van der Waals surface area contributed by atoms with E-state index in [1.165, 1.54) is 12.1 Å². The number of hydrogen-bond donors (Lipinski definition) is 3. The van der Waals surface area contributed by atoms with Gasteiger partial charge in [-0.3, -0.25) is 4.79 Å². The zero-order valence-corrected chi connectivity index (χ0v) is 24.8. The zero-order chi connectivity index (χ0) is 29.2. The number of halogens is 1. The molecule has 41 heavy (non-hydrogen) atoms. The minimum atomic E-state index is -0.889. The van der Waals surface area contributed by atoms with Crippen LogP contribution in [0.4, 0.5) is 4.39 Å². The van der Waals surface area contributed by atoms with Crippen LogP contribution in [0.3, 0.4) is 0 Å². The normalized spacial score (nSPS) is 23.7. The highest BCUT2D eigenvalue weighted by Crippen LogP contribution is 2.48. The number of hydrogen-bond acceptors (Lipinski definition) is 7. The van der Waals surface area contributed by atoms with Crippen LogP contribution in [-0.4, -0.2) is 78.0 Å². The number of nitrogens with zero attached hydrogens (tertiary/aromatic N) is 2. The smallest absolute Gasteiger partial charge is 0.250 e. The second kappa shape index (κ2) is 12.3. The number of likely N-dealkylation sites (N-methyl/N-ethyl adjacent to an activating group) is 1. The largest absolute Gasteiger partial charge is 0.471 e. The third-order valence-corrected chi connectivity index (χ3v) is 8.50. The highest BCUT2D eigenvalue weighted by molar-refractivity contribution is 5.81. The van der Waals surface area contributed by atoms with E-state index in [2.05, 4.69) is 42.4 Å². The lowest BCUT2D eigenvalue weighted by Gasteiger charge is -2.47. The van der Waals surface area contributed by atoms with Crippen LogP contribution in [0.5, 0.6) is 5.88 Å². The van der Waals surface area contributed by atoms with E-state index >= 15 is 0 Å². The van der Waals surface area contributed by atoms with Crippen LogP contribution in [-0.2, 0) is 22.4 Å². The molecule has 8 nitrogen and oxygen atoms in total.